The fraction of sp³-hybridized carbons (Fsp3) is 0.286. The van der Waals surface area contributed by atoms with Crippen LogP contribution in [-0.4, -0.2) is 39.0 Å². The van der Waals surface area contributed by atoms with Gasteiger partial charge in [0.05, 0.1) is 12.7 Å². The summed E-state index contributed by atoms with van der Waals surface area (Å²) in [5, 5.41) is 5.56. The zero-order valence-electron chi connectivity index (χ0n) is 16.1. The largest absolute Gasteiger partial charge is 0.465 e. The first-order valence-electron chi connectivity index (χ1n) is 8.94. The van der Waals surface area contributed by atoms with Gasteiger partial charge in [0.1, 0.15) is 5.41 Å². The Balaban J connectivity index is 1.68. The van der Waals surface area contributed by atoms with Crippen molar-refractivity contribution in [2.45, 2.75) is 12.8 Å². The first kappa shape index (κ1) is 19.4. The lowest BCUT2D eigenvalue weighted by Crippen LogP contribution is -2.35. The predicted molar refractivity (Wildman–Crippen MR) is 107 cm³/mol. The van der Waals surface area contributed by atoms with E-state index < -0.39 is 11.4 Å². The van der Waals surface area contributed by atoms with Crippen LogP contribution < -0.4 is 15.5 Å². The van der Waals surface area contributed by atoms with Crippen LogP contribution in [0.4, 0.5) is 17.1 Å². The van der Waals surface area contributed by atoms with Gasteiger partial charge in [0, 0.05) is 31.2 Å². The maximum absolute atomic E-state index is 12.7. The Morgan fingerprint density at radius 2 is 1.54 bits per heavy atom. The molecule has 1 saturated carbocycles. The minimum Gasteiger partial charge on any atom is -0.465 e. The van der Waals surface area contributed by atoms with Crippen molar-refractivity contribution in [2.24, 2.45) is 5.41 Å². The van der Waals surface area contributed by atoms with Crippen LogP contribution in [0.2, 0.25) is 0 Å². The van der Waals surface area contributed by atoms with Gasteiger partial charge in [-0.1, -0.05) is 6.07 Å². The number of anilines is 3. The molecular weight excluding hydrogens is 358 g/mol. The van der Waals surface area contributed by atoms with Crippen LogP contribution in [0.25, 0.3) is 0 Å². The fourth-order valence-electron chi connectivity index (χ4n) is 2.87. The van der Waals surface area contributed by atoms with Crippen molar-refractivity contribution in [3.8, 4) is 0 Å². The summed E-state index contributed by atoms with van der Waals surface area (Å²) in [4.78, 5) is 39.0. The first-order chi connectivity index (χ1) is 13.4. The molecule has 3 rings (SSSR count). The monoisotopic (exact) mass is 381 g/mol. The molecule has 28 heavy (non-hydrogen) atoms. The Morgan fingerprint density at radius 3 is 2.07 bits per heavy atom. The van der Waals surface area contributed by atoms with E-state index in [1.165, 1.54) is 13.2 Å². The number of amides is 2. The molecule has 1 aliphatic rings. The Labute approximate surface area is 163 Å². The van der Waals surface area contributed by atoms with E-state index in [1.807, 2.05) is 31.1 Å². The average Bonchev–Trinajstić information content (AvgIpc) is 3.50. The number of esters is 1. The van der Waals surface area contributed by atoms with Gasteiger partial charge in [-0.2, -0.15) is 0 Å². The Morgan fingerprint density at radius 1 is 0.929 bits per heavy atom. The summed E-state index contributed by atoms with van der Waals surface area (Å²) in [6.45, 7) is 0. The normalized spacial score (nSPS) is 14.0. The number of nitrogens with one attached hydrogen (secondary N) is 2. The third-order valence-corrected chi connectivity index (χ3v) is 4.80. The van der Waals surface area contributed by atoms with Gasteiger partial charge in [-0.25, -0.2) is 4.79 Å². The molecule has 0 bridgehead atoms. The van der Waals surface area contributed by atoms with Gasteiger partial charge in [0.2, 0.25) is 11.8 Å². The number of hydrogen-bond acceptors (Lipinski definition) is 5. The van der Waals surface area contributed by atoms with Crippen molar-refractivity contribution >= 4 is 34.8 Å². The predicted octanol–water partition coefficient (Wildman–Crippen LogP) is 2.90. The van der Waals surface area contributed by atoms with E-state index >= 15 is 0 Å². The van der Waals surface area contributed by atoms with E-state index in [0.717, 1.165) is 5.69 Å². The van der Waals surface area contributed by atoms with Gasteiger partial charge >= 0.3 is 5.97 Å². The van der Waals surface area contributed by atoms with Crippen LogP contribution in [0.1, 0.15) is 23.2 Å². The Bertz CT molecular complexity index is 902. The third kappa shape index (κ3) is 3.98. The van der Waals surface area contributed by atoms with Crippen LogP contribution >= 0.6 is 0 Å². The van der Waals surface area contributed by atoms with Crippen molar-refractivity contribution in [1.82, 2.24) is 0 Å². The summed E-state index contributed by atoms with van der Waals surface area (Å²) in [7, 11) is 5.17. The van der Waals surface area contributed by atoms with Gasteiger partial charge in [0.15, 0.2) is 0 Å². The Hall–Kier alpha value is -3.35. The molecule has 7 nitrogen and oxygen atoms in total. The molecule has 2 N–H and O–H groups in total. The molecule has 2 aromatic rings. The number of methoxy groups -OCH3 is 1. The number of hydrogen-bond donors (Lipinski definition) is 2. The van der Waals surface area contributed by atoms with Crippen molar-refractivity contribution in [3.63, 3.8) is 0 Å². The smallest absolute Gasteiger partial charge is 0.337 e. The number of nitrogens with zero attached hydrogens (tertiary/aromatic N) is 1. The maximum atomic E-state index is 12.7. The lowest BCUT2D eigenvalue weighted by Gasteiger charge is -2.17. The van der Waals surface area contributed by atoms with E-state index in [2.05, 4.69) is 15.4 Å². The van der Waals surface area contributed by atoms with Crippen molar-refractivity contribution in [2.75, 3.05) is 36.7 Å². The van der Waals surface area contributed by atoms with Gasteiger partial charge < -0.3 is 20.3 Å². The molecular formula is C21H23N3O4. The van der Waals surface area contributed by atoms with E-state index in [0.29, 0.717) is 29.8 Å². The standard InChI is InChI=1S/C21H23N3O4/c1-24(2)17-9-7-15(8-10-17)22-19(26)21(11-12-21)20(27)23-16-6-4-5-14(13-16)18(25)28-3/h4-10,13H,11-12H2,1-3H3,(H,22,26)(H,23,27). The summed E-state index contributed by atoms with van der Waals surface area (Å²) in [6, 6.07) is 13.8. The number of benzene rings is 2. The molecule has 0 spiro atoms. The number of carbonyl (C=O) groups is 3. The van der Waals surface area contributed by atoms with Crippen LogP contribution in [0.5, 0.6) is 0 Å². The molecule has 0 radical (unpaired) electrons. The topological polar surface area (TPSA) is 87.7 Å². The lowest BCUT2D eigenvalue weighted by atomic mass is 10.0. The van der Waals surface area contributed by atoms with Gasteiger partial charge in [-0.15, -0.1) is 0 Å². The molecule has 1 fully saturated rings. The minimum atomic E-state index is -1.08. The van der Waals surface area contributed by atoms with Crippen LogP contribution in [-0.2, 0) is 14.3 Å². The molecule has 1 aliphatic carbocycles. The van der Waals surface area contributed by atoms with Crippen molar-refractivity contribution in [3.05, 3.63) is 54.1 Å². The summed E-state index contributed by atoms with van der Waals surface area (Å²) < 4.78 is 4.68. The molecule has 7 heteroatoms. The van der Waals surface area contributed by atoms with Gasteiger partial charge in [-0.3, -0.25) is 9.59 Å². The number of carbonyl (C=O) groups excluding carboxylic acids is 3. The summed E-state index contributed by atoms with van der Waals surface area (Å²) in [5.74, 6) is -1.19. The molecule has 0 heterocycles. The highest BCUT2D eigenvalue weighted by Gasteiger charge is 2.56. The fourth-order valence-corrected chi connectivity index (χ4v) is 2.87. The quantitative estimate of drug-likeness (QED) is 0.593. The molecule has 0 unspecified atom stereocenters. The average molecular weight is 381 g/mol. The van der Waals surface area contributed by atoms with Crippen LogP contribution in [0.15, 0.2) is 48.5 Å². The zero-order valence-corrected chi connectivity index (χ0v) is 16.1. The highest BCUT2D eigenvalue weighted by Crippen LogP contribution is 2.47. The lowest BCUT2D eigenvalue weighted by molar-refractivity contribution is -0.131. The highest BCUT2D eigenvalue weighted by molar-refractivity contribution is 6.17. The Kier molecular flexibility index (Phi) is 5.35. The molecule has 0 aliphatic heterocycles. The van der Waals surface area contributed by atoms with E-state index in [4.69, 9.17) is 0 Å². The first-order valence-corrected chi connectivity index (χ1v) is 8.94. The second kappa shape index (κ2) is 7.72. The highest BCUT2D eigenvalue weighted by atomic mass is 16.5. The van der Waals surface area contributed by atoms with E-state index in [9.17, 15) is 14.4 Å². The maximum Gasteiger partial charge on any atom is 0.337 e. The summed E-state index contributed by atoms with van der Waals surface area (Å²) in [5.41, 5.74) is 1.35. The second-order valence-electron chi connectivity index (χ2n) is 7.00. The molecule has 0 saturated heterocycles. The second-order valence-corrected chi connectivity index (χ2v) is 7.00. The minimum absolute atomic E-state index is 0.327. The number of rotatable bonds is 6. The van der Waals surface area contributed by atoms with Crippen LogP contribution in [0, 0.1) is 5.41 Å². The molecule has 146 valence electrons. The summed E-state index contributed by atoms with van der Waals surface area (Å²) >= 11 is 0. The van der Waals surface area contributed by atoms with Gasteiger partial charge in [0.25, 0.3) is 0 Å². The van der Waals surface area contributed by atoms with E-state index in [1.54, 1.807) is 30.3 Å². The summed E-state index contributed by atoms with van der Waals surface area (Å²) in [6.07, 6.45) is 0.967. The van der Waals surface area contributed by atoms with Crippen molar-refractivity contribution in [1.29, 1.82) is 0 Å². The van der Waals surface area contributed by atoms with Crippen LogP contribution in [0.3, 0.4) is 0 Å². The van der Waals surface area contributed by atoms with Gasteiger partial charge in [-0.05, 0) is 55.3 Å². The molecule has 2 amide bonds. The SMILES string of the molecule is COC(=O)c1cccc(NC(=O)C2(C(=O)Nc3ccc(N(C)C)cc3)CC2)c1. The zero-order chi connectivity index (χ0) is 20.3. The van der Waals surface area contributed by atoms with Crippen molar-refractivity contribution < 1.29 is 19.1 Å². The molecule has 0 atom stereocenters. The molecule has 0 aromatic heterocycles. The molecule has 2 aromatic carbocycles. The number of ether oxygens (including phenoxy) is 1. The van der Waals surface area contributed by atoms with E-state index in [-0.39, 0.29) is 11.8 Å². The third-order valence-electron chi connectivity index (χ3n) is 4.80.